The molecule has 4 atom stereocenters. The van der Waals surface area contributed by atoms with Gasteiger partial charge in [0.25, 0.3) is 0 Å². The molecule has 272 valence electrons. The monoisotopic (exact) mass is 716 g/mol. The van der Waals surface area contributed by atoms with Crippen LogP contribution in [0.3, 0.4) is 0 Å². The summed E-state index contributed by atoms with van der Waals surface area (Å²) in [6.45, 7) is 6.75. The van der Waals surface area contributed by atoms with Crippen LogP contribution in [0, 0.1) is 6.92 Å². The topological polar surface area (TPSA) is 192 Å². The van der Waals surface area contributed by atoms with E-state index in [1.54, 1.807) is 19.1 Å². The molecule has 13 heteroatoms. The van der Waals surface area contributed by atoms with E-state index in [4.69, 9.17) is 30.1 Å². The average molecular weight is 717 g/mol. The van der Waals surface area contributed by atoms with Crippen LogP contribution in [0.2, 0.25) is 0 Å². The molecule has 5 aliphatic rings. The lowest BCUT2D eigenvalue weighted by atomic mass is 9.76. The maximum absolute atomic E-state index is 14.0. The molecule has 3 aromatic heterocycles. The number of nitrogens with zero attached hydrogens (tertiary/aromatic N) is 4. The van der Waals surface area contributed by atoms with Crippen molar-refractivity contribution in [2.45, 2.75) is 88.7 Å². The molecule has 5 aliphatic heterocycles. The highest BCUT2D eigenvalue weighted by molar-refractivity contribution is 5.88. The largest absolute Gasteiger partial charge is 0.507 e. The van der Waals surface area contributed by atoms with Crippen molar-refractivity contribution < 1.29 is 28.5 Å². The minimum absolute atomic E-state index is 0.0927. The number of nitrogen functional groups attached to an aromatic ring is 2. The highest BCUT2D eigenvalue weighted by Crippen LogP contribution is 2.54. The molecule has 9 rings (SSSR count). The molecule has 8 heterocycles. The zero-order valence-corrected chi connectivity index (χ0v) is 29.7. The van der Waals surface area contributed by atoms with Gasteiger partial charge in [0.05, 0.1) is 29.7 Å². The SMILES string of the molecule is Cc1cc(=O)c2c(O)c3c(cc2o1)OC(C)(C)C1OC(=O)C2(CCCC31)OC2CCc1cc(N)nc(-c2cc(N)nc(CN3C=C4N=CC=C4C3)c2)c1. The standard InChI is InChI=1S/C40H40N6O7/c1-20-11-28(47)35-29(50-20)16-30-34(36(35)48)25-5-4-9-40(38(49)51-37(25)39(2,3)52-30)31(53-40)7-6-21-12-26(45-32(41)13-21)23-14-24(44-33(42)15-23)18-46-17-22-8-10-43-27(22)19-46/h8,10-16,19,25,31,37,48H,4-7,9,17-18H2,1-3H3,(H2,41,45)(H2,42,44). The Morgan fingerprint density at radius 1 is 1.06 bits per heavy atom. The van der Waals surface area contributed by atoms with Crippen molar-refractivity contribution in [2.24, 2.45) is 4.99 Å². The predicted octanol–water partition coefficient (Wildman–Crippen LogP) is 5.22. The van der Waals surface area contributed by atoms with Crippen molar-refractivity contribution in [1.82, 2.24) is 14.9 Å². The number of rotatable bonds is 6. The normalized spacial score (nSPS) is 25.2. The van der Waals surface area contributed by atoms with Crippen LogP contribution in [-0.2, 0) is 27.2 Å². The number of epoxide rings is 1. The van der Waals surface area contributed by atoms with Gasteiger partial charge >= 0.3 is 5.97 Å². The zero-order valence-electron chi connectivity index (χ0n) is 29.7. The van der Waals surface area contributed by atoms with Gasteiger partial charge in [-0.1, -0.05) is 0 Å². The molecular weight excluding hydrogens is 676 g/mol. The first-order valence-electron chi connectivity index (χ1n) is 18.0. The van der Waals surface area contributed by atoms with Gasteiger partial charge in [0.15, 0.2) is 11.0 Å². The van der Waals surface area contributed by atoms with E-state index < -0.39 is 29.2 Å². The number of aromatic hydroxyl groups is 1. The molecular formula is C40H40N6O7. The van der Waals surface area contributed by atoms with Gasteiger partial charge in [-0.05, 0) is 88.8 Å². The number of aliphatic imine (C=N–C) groups is 1. The van der Waals surface area contributed by atoms with Gasteiger partial charge in [-0.25, -0.2) is 14.8 Å². The Balaban J connectivity index is 0.910. The van der Waals surface area contributed by atoms with E-state index in [1.165, 1.54) is 11.6 Å². The molecule has 0 aliphatic carbocycles. The fourth-order valence-corrected chi connectivity index (χ4v) is 8.58. The summed E-state index contributed by atoms with van der Waals surface area (Å²) in [6.07, 6.45) is 7.67. The Labute approximate surface area is 305 Å². The third kappa shape index (κ3) is 5.70. The second kappa shape index (κ2) is 11.9. The second-order valence-corrected chi connectivity index (χ2v) is 15.2. The minimum Gasteiger partial charge on any atom is -0.507 e. The lowest BCUT2D eigenvalue weighted by molar-refractivity contribution is -0.173. The van der Waals surface area contributed by atoms with Crippen molar-refractivity contribution >= 4 is 34.8 Å². The number of anilines is 2. The summed E-state index contributed by atoms with van der Waals surface area (Å²) < 4.78 is 24.6. The number of nitrogens with two attached hydrogens (primary N) is 2. The van der Waals surface area contributed by atoms with Crippen molar-refractivity contribution in [3.05, 3.63) is 92.7 Å². The molecule has 53 heavy (non-hydrogen) atoms. The molecule has 0 radical (unpaired) electrons. The highest BCUT2D eigenvalue weighted by atomic mass is 16.7. The molecule has 1 spiro atoms. The first-order valence-corrected chi connectivity index (χ1v) is 18.0. The lowest BCUT2D eigenvalue weighted by Crippen LogP contribution is -2.53. The van der Waals surface area contributed by atoms with Crippen molar-refractivity contribution in [2.75, 3.05) is 18.0 Å². The molecule has 4 aromatic rings. The highest BCUT2D eigenvalue weighted by Gasteiger charge is 2.65. The molecule has 2 saturated heterocycles. The summed E-state index contributed by atoms with van der Waals surface area (Å²) in [5.74, 6) is 0.600. The summed E-state index contributed by atoms with van der Waals surface area (Å²) in [7, 11) is 0. The Morgan fingerprint density at radius 2 is 1.89 bits per heavy atom. The van der Waals surface area contributed by atoms with E-state index in [9.17, 15) is 14.7 Å². The summed E-state index contributed by atoms with van der Waals surface area (Å²) in [5, 5.41) is 11.5. The summed E-state index contributed by atoms with van der Waals surface area (Å²) >= 11 is 0. The predicted molar refractivity (Wildman–Crippen MR) is 197 cm³/mol. The maximum Gasteiger partial charge on any atom is 0.341 e. The molecule has 5 N–H and O–H groups in total. The third-order valence-corrected chi connectivity index (χ3v) is 11.0. The average Bonchev–Trinajstić information content (AvgIpc) is 3.40. The smallest absolute Gasteiger partial charge is 0.341 e. The van der Waals surface area contributed by atoms with Gasteiger partial charge in [0.1, 0.15) is 51.6 Å². The van der Waals surface area contributed by atoms with Crippen LogP contribution < -0.4 is 21.6 Å². The number of benzene rings is 1. The quantitative estimate of drug-likeness (QED) is 0.174. The van der Waals surface area contributed by atoms with Gasteiger partial charge < -0.3 is 40.1 Å². The number of fused-ring (bicyclic) bond motifs is 5. The van der Waals surface area contributed by atoms with Crippen LogP contribution in [0.1, 0.15) is 68.0 Å². The Morgan fingerprint density at radius 3 is 2.72 bits per heavy atom. The zero-order chi connectivity index (χ0) is 36.8. The van der Waals surface area contributed by atoms with Crippen LogP contribution in [0.4, 0.5) is 11.6 Å². The summed E-state index contributed by atoms with van der Waals surface area (Å²) in [4.78, 5) is 42.6. The summed E-state index contributed by atoms with van der Waals surface area (Å²) in [5.41, 5.74) is 16.4. The number of ether oxygens (including phenoxy) is 3. The van der Waals surface area contributed by atoms with Crippen LogP contribution in [0.25, 0.3) is 22.2 Å². The maximum atomic E-state index is 14.0. The Kier molecular flexibility index (Phi) is 7.46. The fourth-order valence-electron chi connectivity index (χ4n) is 8.58. The van der Waals surface area contributed by atoms with E-state index in [-0.39, 0.29) is 28.3 Å². The van der Waals surface area contributed by atoms with Gasteiger partial charge in [0.2, 0.25) is 0 Å². The van der Waals surface area contributed by atoms with Crippen molar-refractivity contribution in [3.8, 4) is 22.8 Å². The van der Waals surface area contributed by atoms with E-state index in [0.717, 1.165) is 29.1 Å². The van der Waals surface area contributed by atoms with Gasteiger partial charge in [-0.3, -0.25) is 9.79 Å². The van der Waals surface area contributed by atoms with E-state index in [1.807, 2.05) is 50.5 Å². The van der Waals surface area contributed by atoms with Gasteiger partial charge in [-0.2, -0.15) is 0 Å². The number of phenols is 1. The molecule has 4 unspecified atom stereocenters. The van der Waals surface area contributed by atoms with Crippen LogP contribution >= 0.6 is 0 Å². The number of phenolic OH excluding ortho intramolecular Hbond substituents is 1. The van der Waals surface area contributed by atoms with Crippen molar-refractivity contribution in [3.63, 3.8) is 0 Å². The first kappa shape index (κ1) is 33.2. The third-order valence-electron chi connectivity index (χ3n) is 11.0. The van der Waals surface area contributed by atoms with Gasteiger partial charge in [-0.15, -0.1) is 0 Å². The molecule has 0 amide bonds. The number of carbonyl (C=O) groups excluding carboxylic acids is 1. The first-order chi connectivity index (χ1) is 25.4. The van der Waals surface area contributed by atoms with Gasteiger partial charge in [0, 0.05) is 53.7 Å². The number of aromatic nitrogens is 2. The number of aryl methyl sites for hydroxylation is 2. The van der Waals surface area contributed by atoms with Crippen molar-refractivity contribution in [1.29, 1.82) is 0 Å². The number of hydrogen-bond acceptors (Lipinski definition) is 13. The fraction of sp³-hybridized carbons (Fsp3) is 0.375. The van der Waals surface area contributed by atoms with Crippen LogP contribution in [0.5, 0.6) is 11.5 Å². The second-order valence-electron chi connectivity index (χ2n) is 15.2. The number of pyridine rings is 2. The molecule has 0 saturated carbocycles. The molecule has 0 bridgehead atoms. The van der Waals surface area contributed by atoms with E-state index >= 15 is 0 Å². The molecule has 1 aromatic carbocycles. The Hall–Kier alpha value is -5.69. The number of hydrogen-bond donors (Lipinski definition) is 3. The van der Waals surface area contributed by atoms with Crippen LogP contribution in [0.15, 0.2) is 74.1 Å². The van der Waals surface area contributed by atoms with Crippen LogP contribution in [-0.4, -0.2) is 62.1 Å². The molecule has 13 nitrogen and oxygen atoms in total. The lowest BCUT2D eigenvalue weighted by Gasteiger charge is -2.45. The molecule has 2 fully saturated rings. The minimum atomic E-state index is -1.06. The van der Waals surface area contributed by atoms with E-state index in [0.29, 0.717) is 73.1 Å². The number of carbonyl (C=O) groups is 1. The number of esters is 1. The Bertz CT molecular complexity index is 2380. The summed E-state index contributed by atoms with van der Waals surface area (Å²) in [6, 6.07) is 10.6. The number of allylic oxidation sites excluding steroid dienone is 1. The van der Waals surface area contributed by atoms with E-state index in [2.05, 4.69) is 19.9 Å².